The van der Waals surface area contributed by atoms with Gasteiger partial charge < -0.3 is 11.1 Å². The second-order valence-electron chi connectivity index (χ2n) is 4.83. The first-order valence-electron chi connectivity index (χ1n) is 6.30. The largest absolute Gasteiger partial charge is 0.324 e. The zero-order chi connectivity index (χ0) is 15.5. The van der Waals surface area contributed by atoms with Crippen LogP contribution in [-0.2, 0) is 10.3 Å². The maximum absolute atomic E-state index is 12.4. The number of nitrogens with zero attached hydrogens (tertiary/aromatic N) is 1. The first-order chi connectivity index (χ1) is 9.95. The molecule has 1 amide bonds. The molecule has 1 unspecified atom stereocenters. The average molecular weight is 300 g/mol. The SMILES string of the molecule is CC(N)(C(=O)Nc1ccc(C#N)c(Cl)c1)c1ccccc1. The van der Waals surface area contributed by atoms with Crippen molar-refractivity contribution in [2.75, 3.05) is 5.32 Å². The molecule has 0 heterocycles. The number of nitrogens with two attached hydrogens (primary N) is 1. The normalized spacial score (nSPS) is 13.0. The number of anilines is 1. The topological polar surface area (TPSA) is 78.9 Å². The molecule has 0 spiro atoms. The fraction of sp³-hybridized carbons (Fsp3) is 0.125. The van der Waals surface area contributed by atoms with Gasteiger partial charge in [0.05, 0.1) is 10.6 Å². The first kappa shape index (κ1) is 15.0. The lowest BCUT2D eigenvalue weighted by molar-refractivity contribution is -0.120. The van der Waals surface area contributed by atoms with E-state index >= 15 is 0 Å². The molecule has 2 rings (SSSR count). The molecule has 0 aromatic heterocycles. The van der Waals surface area contributed by atoms with Crippen molar-refractivity contribution in [3.8, 4) is 6.07 Å². The molecule has 4 nitrogen and oxygen atoms in total. The molecule has 0 aliphatic carbocycles. The van der Waals surface area contributed by atoms with Gasteiger partial charge in [-0.1, -0.05) is 41.9 Å². The van der Waals surface area contributed by atoms with Gasteiger partial charge in [-0.05, 0) is 30.7 Å². The highest BCUT2D eigenvalue weighted by Gasteiger charge is 2.30. The van der Waals surface area contributed by atoms with Crippen LogP contribution in [0, 0.1) is 11.3 Å². The standard InChI is InChI=1S/C16H14ClN3O/c1-16(19,12-5-3-2-4-6-12)15(21)20-13-8-7-11(10-18)14(17)9-13/h2-9H,19H2,1H3,(H,20,21). The van der Waals surface area contributed by atoms with Gasteiger partial charge in [-0.25, -0.2) is 0 Å². The number of halogens is 1. The van der Waals surface area contributed by atoms with E-state index < -0.39 is 5.54 Å². The number of nitriles is 1. The summed E-state index contributed by atoms with van der Waals surface area (Å²) in [5.41, 5.74) is 6.52. The van der Waals surface area contributed by atoms with Crippen molar-refractivity contribution in [2.45, 2.75) is 12.5 Å². The monoisotopic (exact) mass is 299 g/mol. The van der Waals surface area contributed by atoms with E-state index in [1.165, 1.54) is 6.07 Å². The van der Waals surface area contributed by atoms with E-state index in [0.29, 0.717) is 16.8 Å². The summed E-state index contributed by atoms with van der Waals surface area (Å²) in [5.74, 6) is -0.352. The summed E-state index contributed by atoms with van der Waals surface area (Å²) < 4.78 is 0. The number of nitrogens with one attached hydrogen (secondary N) is 1. The molecular weight excluding hydrogens is 286 g/mol. The number of rotatable bonds is 3. The minimum absolute atomic E-state index is 0.286. The first-order valence-corrected chi connectivity index (χ1v) is 6.68. The van der Waals surface area contributed by atoms with Crippen molar-refractivity contribution < 1.29 is 4.79 Å². The van der Waals surface area contributed by atoms with Gasteiger partial charge in [0.1, 0.15) is 11.6 Å². The smallest absolute Gasteiger partial charge is 0.248 e. The van der Waals surface area contributed by atoms with Gasteiger partial charge in [-0.2, -0.15) is 5.26 Å². The van der Waals surface area contributed by atoms with E-state index in [-0.39, 0.29) is 10.9 Å². The van der Waals surface area contributed by atoms with Crippen LogP contribution in [0.25, 0.3) is 0 Å². The Kier molecular flexibility index (Phi) is 4.27. The molecule has 0 aliphatic rings. The van der Waals surface area contributed by atoms with Crippen LogP contribution in [0.15, 0.2) is 48.5 Å². The molecule has 0 fully saturated rings. The third kappa shape index (κ3) is 3.22. The molecule has 0 aliphatic heterocycles. The van der Waals surface area contributed by atoms with Crippen LogP contribution in [0.4, 0.5) is 5.69 Å². The van der Waals surface area contributed by atoms with E-state index in [2.05, 4.69) is 5.32 Å². The fourth-order valence-corrected chi connectivity index (χ4v) is 2.08. The zero-order valence-electron chi connectivity index (χ0n) is 11.4. The second kappa shape index (κ2) is 5.96. The Labute approximate surface area is 128 Å². The molecule has 5 heteroatoms. The second-order valence-corrected chi connectivity index (χ2v) is 5.24. The maximum atomic E-state index is 12.4. The Morgan fingerprint density at radius 1 is 1.29 bits per heavy atom. The highest BCUT2D eigenvalue weighted by molar-refractivity contribution is 6.32. The number of amides is 1. The Balaban J connectivity index is 2.22. The number of carbonyl (C=O) groups excluding carboxylic acids is 1. The lowest BCUT2D eigenvalue weighted by atomic mass is 9.92. The summed E-state index contributed by atoms with van der Waals surface area (Å²) in [5, 5.41) is 11.8. The Morgan fingerprint density at radius 3 is 2.52 bits per heavy atom. The summed E-state index contributed by atoms with van der Waals surface area (Å²) in [7, 11) is 0. The van der Waals surface area contributed by atoms with Gasteiger partial charge in [0.15, 0.2) is 0 Å². The lowest BCUT2D eigenvalue weighted by Crippen LogP contribution is -2.45. The predicted octanol–water partition coefficient (Wildman–Crippen LogP) is 3.02. The van der Waals surface area contributed by atoms with Gasteiger partial charge >= 0.3 is 0 Å². The summed E-state index contributed by atoms with van der Waals surface area (Å²) in [6.45, 7) is 1.64. The number of benzene rings is 2. The molecule has 1 atom stereocenters. The maximum Gasteiger partial charge on any atom is 0.248 e. The Hall–Kier alpha value is -2.35. The number of hydrogen-bond donors (Lipinski definition) is 2. The number of carbonyl (C=O) groups is 1. The van der Waals surface area contributed by atoms with Crippen molar-refractivity contribution in [2.24, 2.45) is 5.73 Å². The van der Waals surface area contributed by atoms with E-state index in [0.717, 1.165) is 0 Å². The van der Waals surface area contributed by atoms with Crippen LogP contribution in [0.3, 0.4) is 0 Å². The van der Waals surface area contributed by atoms with Gasteiger partial charge in [-0.15, -0.1) is 0 Å². The van der Waals surface area contributed by atoms with Crippen LogP contribution in [0.2, 0.25) is 5.02 Å². The molecule has 2 aromatic carbocycles. The summed E-state index contributed by atoms with van der Waals surface area (Å²) >= 11 is 5.94. The summed E-state index contributed by atoms with van der Waals surface area (Å²) in [6.07, 6.45) is 0. The molecule has 21 heavy (non-hydrogen) atoms. The predicted molar refractivity (Wildman–Crippen MR) is 82.8 cm³/mol. The Morgan fingerprint density at radius 2 is 1.95 bits per heavy atom. The molecule has 0 saturated heterocycles. The summed E-state index contributed by atoms with van der Waals surface area (Å²) in [6, 6.07) is 15.8. The molecular formula is C16H14ClN3O. The van der Waals surface area contributed by atoms with Crippen LogP contribution >= 0.6 is 11.6 Å². The van der Waals surface area contributed by atoms with Crippen molar-refractivity contribution in [3.63, 3.8) is 0 Å². The molecule has 3 N–H and O–H groups in total. The van der Waals surface area contributed by atoms with Crippen LogP contribution in [0.5, 0.6) is 0 Å². The van der Waals surface area contributed by atoms with Gasteiger partial charge in [0.25, 0.3) is 0 Å². The lowest BCUT2D eigenvalue weighted by Gasteiger charge is -2.24. The van der Waals surface area contributed by atoms with Gasteiger partial charge in [-0.3, -0.25) is 4.79 Å². The Bertz CT molecular complexity index is 705. The average Bonchev–Trinajstić information content (AvgIpc) is 2.48. The van der Waals surface area contributed by atoms with Crippen molar-refractivity contribution in [1.29, 1.82) is 5.26 Å². The van der Waals surface area contributed by atoms with Crippen LogP contribution < -0.4 is 11.1 Å². The van der Waals surface area contributed by atoms with Gasteiger partial charge in [0.2, 0.25) is 5.91 Å². The highest BCUT2D eigenvalue weighted by Crippen LogP contribution is 2.23. The van der Waals surface area contributed by atoms with E-state index in [9.17, 15) is 4.79 Å². The van der Waals surface area contributed by atoms with Crippen molar-refractivity contribution in [1.82, 2.24) is 0 Å². The van der Waals surface area contributed by atoms with Crippen LogP contribution in [-0.4, -0.2) is 5.91 Å². The number of hydrogen-bond acceptors (Lipinski definition) is 3. The molecule has 0 bridgehead atoms. The van der Waals surface area contributed by atoms with Crippen molar-refractivity contribution in [3.05, 3.63) is 64.7 Å². The minimum atomic E-state index is -1.17. The third-order valence-electron chi connectivity index (χ3n) is 3.19. The van der Waals surface area contributed by atoms with Gasteiger partial charge in [0, 0.05) is 5.69 Å². The quantitative estimate of drug-likeness (QED) is 0.914. The molecule has 2 aromatic rings. The van der Waals surface area contributed by atoms with E-state index in [1.807, 2.05) is 24.3 Å². The zero-order valence-corrected chi connectivity index (χ0v) is 12.2. The highest BCUT2D eigenvalue weighted by atomic mass is 35.5. The van der Waals surface area contributed by atoms with Crippen molar-refractivity contribution >= 4 is 23.2 Å². The fourth-order valence-electron chi connectivity index (χ4n) is 1.86. The molecule has 106 valence electrons. The third-order valence-corrected chi connectivity index (χ3v) is 3.51. The van der Waals surface area contributed by atoms with Crippen LogP contribution in [0.1, 0.15) is 18.1 Å². The van der Waals surface area contributed by atoms with E-state index in [4.69, 9.17) is 22.6 Å². The molecule has 0 radical (unpaired) electrons. The van der Waals surface area contributed by atoms with E-state index in [1.54, 1.807) is 31.2 Å². The molecule has 0 saturated carbocycles. The summed E-state index contributed by atoms with van der Waals surface area (Å²) in [4.78, 5) is 12.4. The minimum Gasteiger partial charge on any atom is -0.324 e.